The molecule has 0 heterocycles. The van der Waals surface area contributed by atoms with Gasteiger partial charge in [-0.05, 0) is 51.0 Å². The van der Waals surface area contributed by atoms with Crippen LogP contribution < -0.4 is 4.74 Å². The van der Waals surface area contributed by atoms with Crippen LogP contribution in [0.4, 0.5) is 0 Å². The Bertz CT molecular complexity index is 550. The van der Waals surface area contributed by atoms with Crippen LogP contribution in [-0.4, -0.2) is 36.5 Å². The van der Waals surface area contributed by atoms with Gasteiger partial charge in [0.05, 0.1) is 6.21 Å². The lowest BCUT2D eigenvalue weighted by atomic mass is 10.2. The van der Waals surface area contributed by atoms with Crippen LogP contribution in [0.25, 0.3) is 0 Å². The molecule has 0 aromatic heterocycles. The molecule has 1 rings (SSSR count). The van der Waals surface area contributed by atoms with Gasteiger partial charge in [0.15, 0.2) is 8.32 Å². The first kappa shape index (κ1) is 22.2. The molecule has 0 saturated heterocycles. The second-order valence-corrected chi connectivity index (χ2v) is 15.3. The smallest absolute Gasteiger partial charge is 0.193 e. The maximum atomic E-state index is 12.2. The van der Waals surface area contributed by atoms with E-state index in [1.807, 2.05) is 51.1 Å². The largest absolute Gasteiger partial charge is 0.591 e. The fourth-order valence-electron chi connectivity index (χ4n) is 1.64. The van der Waals surface area contributed by atoms with E-state index in [4.69, 9.17) is 9.16 Å². The lowest BCUT2D eigenvalue weighted by Crippen LogP contribution is -2.46. The van der Waals surface area contributed by atoms with E-state index in [0.717, 1.165) is 5.75 Å². The summed E-state index contributed by atoms with van der Waals surface area (Å²) in [4.78, 5) is 0. The molecule has 1 aromatic rings. The second-order valence-electron chi connectivity index (χ2n) is 8.66. The van der Waals surface area contributed by atoms with Crippen LogP contribution in [0.5, 0.6) is 5.75 Å². The molecule has 0 radical (unpaired) electrons. The molecule has 6 heteroatoms. The third-order valence-electron chi connectivity index (χ3n) is 4.26. The predicted molar refractivity (Wildman–Crippen MR) is 110 cm³/mol. The molecule has 0 amide bonds. The average molecular weight is 384 g/mol. The molecule has 1 aromatic carbocycles. The molecule has 2 atom stereocenters. The number of nitrogens with zero attached hydrogens (tertiary/aromatic N) is 1. The van der Waals surface area contributed by atoms with Crippen molar-refractivity contribution in [3.8, 4) is 5.75 Å². The van der Waals surface area contributed by atoms with Crippen LogP contribution in [0.2, 0.25) is 18.1 Å². The van der Waals surface area contributed by atoms with Crippen molar-refractivity contribution in [3.05, 3.63) is 30.3 Å². The molecule has 0 bridgehead atoms. The van der Waals surface area contributed by atoms with Gasteiger partial charge in [-0.1, -0.05) is 43.4 Å². The molecule has 142 valence electrons. The predicted octanol–water partition coefficient (Wildman–Crippen LogP) is 4.99. The van der Waals surface area contributed by atoms with Crippen molar-refractivity contribution in [2.45, 2.75) is 70.5 Å². The topological polar surface area (TPSA) is 53.9 Å². The van der Waals surface area contributed by atoms with E-state index in [2.05, 4.69) is 38.3 Å². The maximum Gasteiger partial charge on any atom is 0.193 e. The Morgan fingerprint density at radius 3 is 2.16 bits per heavy atom. The third-order valence-corrected chi connectivity index (χ3v) is 10.1. The van der Waals surface area contributed by atoms with Crippen molar-refractivity contribution >= 4 is 25.9 Å². The Hall–Kier alpha value is -0.823. The maximum absolute atomic E-state index is 12.2. The highest BCUT2D eigenvalue weighted by Crippen LogP contribution is 2.37. The van der Waals surface area contributed by atoms with Crippen LogP contribution in [0, 0.1) is 0 Å². The first-order valence-electron chi connectivity index (χ1n) is 8.65. The van der Waals surface area contributed by atoms with Gasteiger partial charge in [-0.15, -0.1) is 0 Å². The van der Waals surface area contributed by atoms with Gasteiger partial charge in [0.25, 0.3) is 0 Å². The molecular weight excluding hydrogens is 350 g/mol. The summed E-state index contributed by atoms with van der Waals surface area (Å²) in [6.45, 7) is 17.0. The third kappa shape index (κ3) is 7.52. The molecule has 4 nitrogen and oxygen atoms in total. The number of hydrogen-bond acceptors (Lipinski definition) is 4. The summed E-state index contributed by atoms with van der Waals surface area (Å²) in [6.07, 6.45) is 1.33. The Kier molecular flexibility index (Phi) is 7.74. The summed E-state index contributed by atoms with van der Waals surface area (Å²) in [7, 11) is -1.99. The molecule has 0 aliphatic heterocycles. The highest BCUT2D eigenvalue weighted by molar-refractivity contribution is 7.91. The zero-order chi connectivity index (χ0) is 19.3. The van der Waals surface area contributed by atoms with E-state index in [1.165, 1.54) is 0 Å². The Balaban J connectivity index is 2.88. The SMILES string of the molecule is CC(C)(C)[S@+]([O-])N=C[C@@H](COc1ccccc1)O[Si](C)(C)C(C)(C)C. The van der Waals surface area contributed by atoms with Crippen molar-refractivity contribution in [1.82, 2.24) is 0 Å². The molecular formula is C19H33NO3SSi. The van der Waals surface area contributed by atoms with Crippen LogP contribution in [0.3, 0.4) is 0 Å². The lowest BCUT2D eigenvalue weighted by Gasteiger charge is -2.38. The van der Waals surface area contributed by atoms with E-state index >= 15 is 0 Å². The van der Waals surface area contributed by atoms with E-state index < -0.39 is 24.4 Å². The summed E-state index contributed by atoms with van der Waals surface area (Å²) in [5, 5.41) is 0.0784. The number of hydrogen-bond donors (Lipinski definition) is 0. The number of para-hydroxylation sites is 1. The van der Waals surface area contributed by atoms with Gasteiger partial charge in [0, 0.05) is 0 Å². The monoisotopic (exact) mass is 383 g/mol. The summed E-state index contributed by atoms with van der Waals surface area (Å²) in [6, 6.07) is 9.63. The van der Waals surface area contributed by atoms with E-state index in [-0.39, 0.29) is 11.1 Å². The van der Waals surface area contributed by atoms with Crippen molar-refractivity contribution in [2.75, 3.05) is 6.61 Å². The molecule has 25 heavy (non-hydrogen) atoms. The summed E-state index contributed by atoms with van der Waals surface area (Å²) in [5.74, 6) is 0.789. The van der Waals surface area contributed by atoms with Gasteiger partial charge in [-0.25, -0.2) is 0 Å². The molecule has 0 spiro atoms. The summed E-state index contributed by atoms with van der Waals surface area (Å²) < 4.78 is 28.4. The van der Waals surface area contributed by atoms with Gasteiger partial charge < -0.3 is 13.7 Å². The Morgan fingerprint density at radius 2 is 1.68 bits per heavy atom. The standard InChI is InChI=1S/C19H33NO3SSi/c1-18(2,3)24(21)20-14-17(23-25(7,8)19(4,5)6)15-22-16-12-10-9-11-13-16/h9-14,17H,15H2,1-8H3/t17-,24-/m0/s1. The van der Waals surface area contributed by atoms with Crippen molar-refractivity contribution < 1.29 is 13.7 Å². The molecule has 0 fully saturated rings. The number of rotatable bonds is 7. The average Bonchev–Trinajstić information content (AvgIpc) is 2.48. The summed E-state index contributed by atoms with van der Waals surface area (Å²) in [5.41, 5.74) is 0. The van der Waals surface area contributed by atoms with Crippen LogP contribution >= 0.6 is 0 Å². The zero-order valence-corrected chi connectivity index (χ0v) is 18.6. The zero-order valence-electron chi connectivity index (χ0n) is 16.8. The van der Waals surface area contributed by atoms with Crippen molar-refractivity contribution in [1.29, 1.82) is 0 Å². The minimum atomic E-state index is -1.99. The minimum Gasteiger partial charge on any atom is -0.591 e. The molecule has 0 saturated carbocycles. The van der Waals surface area contributed by atoms with Crippen LogP contribution in [0.15, 0.2) is 34.7 Å². The molecule has 0 unspecified atom stereocenters. The van der Waals surface area contributed by atoms with Gasteiger partial charge in [-0.2, -0.15) is 0 Å². The van der Waals surface area contributed by atoms with E-state index in [9.17, 15) is 4.55 Å². The number of benzene rings is 1. The van der Waals surface area contributed by atoms with E-state index in [1.54, 1.807) is 6.21 Å². The molecule has 0 N–H and O–H groups in total. The Labute approximate surface area is 157 Å². The lowest BCUT2D eigenvalue weighted by molar-refractivity contribution is 0.166. The fraction of sp³-hybridized carbons (Fsp3) is 0.632. The quantitative estimate of drug-likeness (QED) is 0.379. The van der Waals surface area contributed by atoms with E-state index in [0.29, 0.717) is 6.61 Å². The second kappa shape index (κ2) is 8.71. The van der Waals surface area contributed by atoms with Gasteiger partial charge in [0.1, 0.15) is 34.6 Å². The summed E-state index contributed by atoms with van der Waals surface area (Å²) >= 11 is -1.31. The van der Waals surface area contributed by atoms with Gasteiger partial charge >= 0.3 is 0 Å². The van der Waals surface area contributed by atoms with Gasteiger partial charge in [-0.3, -0.25) is 0 Å². The first-order valence-corrected chi connectivity index (χ1v) is 12.7. The highest BCUT2D eigenvalue weighted by atomic mass is 32.2. The normalized spacial score (nSPS) is 16.0. The highest BCUT2D eigenvalue weighted by Gasteiger charge is 2.39. The fourth-order valence-corrected chi connectivity index (χ4v) is 3.44. The van der Waals surface area contributed by atoms with Crippen molar-refractivity contribution in [3.63, 3.8) is 0 Å². The minimum absolute atomic E-state index is 0.0784. The van der Waals surface area contributed by atoms with Crippen LogP contribution in [-0.2, 0) is 15.8 Å². The van der Waals surface area contributed by atoms with Crippen LogP contribution in [0.1, 0.15) is 41.5 Å². The number of ether oxygens (including phenoxy) is 1. The molecule has 0 aliphatic rings. The van der Waals surface area contributed by atoms with Gasteiger partial charge in [0.2, 0.25) is 0 Å². The van der Waals surface area contributed by atoms with Crippen molar-refractivity contribution in [2.24, 2.45) is 4.40 Å². The first-order chi connectivity index (χ1) is 11.3. The Morgan fingerprint density at radius 1 is 1.12 bits per heavy atom. The molecule has 0 aliphatic carbocycles.